The lowest BCUT2D eigenvalue weighted by Crippen LogP contribution is -2.57. The van der Waals surface area contributed by atoms with Crippen LogP contribution in [0.1, 0.15) is 32.1 Å². The van der Waals surface area contributed by atoms with Crippen molar-refractivity contribution in [1.82, 2.24) is 25.5 Å². The number of aromatic hydroxyl groups is 1. The van der Waals surface area contributed by atoms with Crippen LogP contribution in [-0.2, 0) is 0 Å². The van der Waals surface area contributed by atoms with E-state index in [0.29, 0.717) is 28.6 Å². The summed E-state index contributed by atoms with van der Waals surface area (Å²) in [6, 6.07) is 8.05. The van der Waals surface area contributed by atoms with E-state index in [1.165, 1.54) is 19.2 Å². The van der Waals surface area contributed by atoms with Crippen LogP contribution in [-0.4, -0.2) is 62.7 Å². The van der Waals surface area contributed by atoms with E-state index in [9.17, 15) is 9.50 Å². The van der Waals surface area contributed by atoms with E-state index in [0.717, 1.165) is 32.1 Å². The molecule has 1 aromatic carbocycles. The Hall–Kier alpha value is -3.40. The van der Waals surface area contributed by atoms with Crippen molar-refractivity contribution in [1.29, 1.82) is 0 Å². The van der Waals surface area contributed by atoms with Gasteiger partial charge in [0.05, 0.1) is 24.9 Å². The molecule has 3 aromatic rings. The number of pyridine rings is 1. The number of methoxy groups -OCH3 is 1. The third-order valence-electron chi connectivity index (χ3n) is 7.22. The van der Waals surface area contributed by atoms with Gasteiger partial charge in [-0.2, -0.15) is 9.37 Å². The number of hydrogen-bond acceptors (Lipinski definition) is 8. The number of phenolic OH excluding ortho intramolecular Hbond substituents is 1. The molecule has 8 nitrogen and oxygen atoms in total. The quantitative estimate of drug-likeness (QED) is 0.516. The molecule has 3 fully saturated rings. The van der Waals surface area contributed by atoms with Crippen molar-refractivity contribution in [3.63, 3.8) is 0 Å². The summed E-state index contributed by atoms with van der Waals surface area (Å²) in [5.41, 5.74) is 1.50. The molecule has 6 rings (SSSR count). The van der Waals surface area contributed by atoms with Crippen molar-refractivity contribution in [2.24, 2.45) is 0 Å². The Bertz CT molecular complexity index is 1240. The summed E-state index contributed by atoms with van der Waals surface area (Å²) in [5.74, 6) is 0.230. The Labute approximate surface area is 201 Å². The number of benzene rings is 1. The Morgan fingerprint density at radius 2 is 1.94 bits per heavy atom. The standard InChI is InChI=1S/C25H26F2N6O2/c1-35-23-10-14(9-21(26)30-23)13-2-6-17(20(34)8-13)25-28-12-22(31-32-25)33(16-4-5-16)19-11-15-3-7-18(29-15)24(19)27/h2,6,8-10,12,15-16,18-19,24,29,34H,3-5,7,11H2,1H3/t15-,18+,19+,24-/m0/s1. The molecular weight excluding hydrogens is 454 g/mol. The number of hydrogen-bond donors (Lipinski definition) is 2. The molecule has 4 atom stereocenters. The molecule has 182 valence electrons. The fourth-order valence-corrected chi connectivity index (χ4v) is 5.38. The first kappa shape index (κ1) is 22.1. The second-order valence-electron chi connectivity index (χ2n) is 9.53. The lowest BCUT2D eigenvalue weighted by atomic mass is 9.96. The van der Waals surface area contributed by atoms with E-state index >= 15 is 4.39 Å². The third kappa shape index (κ3) is 4.16. The SMILES string of the molecule is COc1cc(-c2ccc(-c3ncc(N(C4CC4)[C@@H]4C[C@@H]5CC[C@@H](N5)[C@@H]4F)nn3)c(O)c2)cc(F)n1. The van der Waals surface area contributed by atoms with Gasteiger partial charge < -0.3 is 20.1 Å². The van der Waals surface area contributed by atoms with E-state index < -0.39 is 12.1 Å². The average molecular weight is 481 g/mol. The van der Waals surface area contributed by atoms with Crippen LogP contribution in [0.25, 0.3) is 22.5 Å². The molecule has 0 unspecified atom stereocenters. The van der Waals surface area contributed by atoms with Crippen molar-refractivity contribution in [3.8, 4) is 34.1 Å². The molecule has 2 bridgehead atoms. The van der Waals surface area contributed by atoms with Crippen LogP contribution in [0.3, 0.4) is 0 Å². The van der Waals surface area contributed by atoms with Gasteiger partial charge in [0.25, 0.3) is 0 Å². The molecule has 2 aliphatic heterocycles. The molecule has 10 heteroatoms. The van der Waals surface area contributed by atoms with Crippen LogP contribution in [0.2, 0.25) is 0 Å². The minimum atomic E-state index is -0.955. The van der Waals surface area contributed by atoms with Gasteiger partial charge in [0.1, 0.15) is 11.9 Å². The minimum Gasteiger partial charge on any atom is -0.507 e. The average Bonchev–Trinajstić information content (AvgIpc) is 3.62. The van der Waals surface area contributed by atoms with Crippen molar-refractivity contribution in [2.75, 3.05) is 12.0 Å². The van der Waals surface area contributed by atoms with E-state index in [4.69, 9.17) is 4.74 Å². The van der Waals surface area contributed by atoms with Gasteiger partial charge in [-0.25, -0.2) is 9.37 Å². The number of anilines is 1. The van der Waals surface area contributed by atoms with Crippen molar-refractivity contribution < 1.29 is 18.6 Å². The molecule has 2 aromatic heterocycles. The summed E-state index contributed by atoms with van der Waals surface area (Å²) < 4.78 is 34.1. The number of fused-ring (bicyclic) bond motifs is 2. The number of ether oxygens (including phenoxy) is 1. The van der Waals surface area contributed by atoms with Gasteiger partial charge >= 0.3 is 0 Å². The minimum absolute atomic E-state index is 0.0639. The largest absolute Gasteiger partial charge is 0.507 e. The summed E-state index contributed by atoms with van der Waals surface area (Å²) >= 11 is 0. The Kier molecular flexibility index (Phi) is 5.47. The highest BCUT2D eigenvalue weighted by atomic mass is 19.1. The summed E-state index contributed by atoms with van der Waals surface area (Å²) in [5, 5.41) is 22.7. The van der Waals surface area contributed by atoms with Crippen LogP contribution in [0, 0.1) is 5.95 Å². The number of halogens is 2. The molecule has 0 amide bonds. The predicted molar refractivity (Wildman–Crippen MR) is 125 cm³/mol. The fraction of sp³-hybridized carbons (Fsp3) is 0.440. The van der Waals surface area contributed by atoms with E-state index in [-0.39, 0.29) is 35.6 Å². The molecule has 35 heavy (non-hydrogen) atoms. The van der Waals surface area contributed by atoms with Gasteiger partial charge in [-0.05, 0) is 55.4 Å². The highest BCUT2D eigenvalue weighted by molar-refractivity contribution is 5.73. The maximum Gasteiger partial charge on any atom is 0.216 e. The molecule has 0 spiro atoms. The van der Waals surface area contributed by atoms with Gasteiger partial charge in [-0.1, -0.05) is 6.07 Å². The molecular formula is C25H26F2N6O2. The maximum atomic E-state index is 15.3. The fourth-order valence-electron chi connectivity index (χ4n) is 5.38. The van der Waals surface area contributed by atoms with Gasteiger partial charge in [0.2, 0.25) is 11.8 Å². The first-order valence-electron chi connectivity index (χ1n) is 11.9. The van der Waals surface area contributed by atoms with Crippen molar-refractivity contribution >= 4 is 5.82 Å². The Morgan fingerprint density at radius 1 is 1.09 bits per heavy atom. The van der Waals surface area contributed by atoms with E-state index in [1.807, 2.05) is 0 Å². The van der Waals surface area contributed by atoms with Gasteiger partial charge in [0, 0.05) is 30.3 Å². The monoisotopic (exact) mass is 480 g/mol. The van der Waals surface area contributed by atoms with Crippen molar-refractivity contribution in [2.45, 2.75) is 62.4 Å². The first-order valence-corrected chi connectivity index (χ1v) is 11.9. The predicted octanol–water partition coefficient (Wildman–Crippen LogP) is 3.65. The van der Waals surface area contributed by atoms with Gasteiger partial charge in [0.15, 0.2) is 11.6 Å². The number of alkyl halides is 1. The maximum absolute atomic E-state index is 15.3. The van der Waals surface area contributed by atoms with Crippen LogP contribution < -0.4 is 15.0 Å². The Balaban J connectivity index is 1.26. The number of piperidine rings is 1. The highest BCUT2D eigenvalue weighted by Crippen LogP contribution is 2.40. The van der Waals surface area contributed by atoms with Crippen LogP contribution >= 0.6 is 0 Å². The molecule has 0 radical (unpaired) electrons. The molecule has 2 N–H and O–H groups in total. The molecule has 1 aliphatic carbocycles. The second-order valence-corrected chi connectivity index (χ2v) is 9.53. The number of nitrogens with zero attached hydrogens (tertiary/aromatic N) is 5. The highest BCUT2D eigenvalue weighted by Gasteiger charge is 2.48. The van der Waals surface area contributed by atoms with E-state index in [2.05, 4.69) is 30.4 Å². The lowest BCUT2D eigenvalue weighted by Gasteiger charge is -2.40. The summed E-state index contributed by atoms with van der Waals surface area (Å²) in [6.45, 7) is 0. The number of aromatic nitrogens is 4. The number of phenols is 1. The first-order chi connectivity index (χ1) is 17.0. The molecule has 1 saturated carbocycles. The normalized spacial score (nSPS) is 25.5. The van der Waals surface area contributed by atoms with E-state index in [1.54, 1.807) is 24.4 Å². The lowest BCUT2D eigenvalue weighted by molar-refractivity contribution is 0.171. The van der Waals surface area contributed by atoms with Gasteiger partial charge in [-0.3, -0.25) is 0 Å². The smallest absolute Gasteiger partial charge is 0.216 e. The van der Waals surface area contributed by atoms with Crippen LogP contribution in [0.4, 0.5) is 14.6 Å². The number of nitrogens with one attached hydrogen (secondary N) is 1. The van der Waals surface area contributed by atoms with Crippen molar-refractivity contribution in [3.05, 3.63) is 42.5 Å². The zero-order chi connectivity index (χ0) is 24.1. The van der Waals surface area contributed by atoms with Crippen LogP contribution in [0.5, 0.6) is 11.6 Å². The zero-order valence-corrected chi connectivity index (χ0v) is 19.2. The van der Waals surface area contributed by atoms with Crippen LogP contribution in [0.15, 0.2) is 36.5 Å². The molecule has 3 aliphatic rings. The summed E-state index contributed by atoms with van der Waals surface area (Å²) in [6.07, 6.45) is 5.32. The third-order valence-corrected chi connectivity index (χ3v) is 7.22. The topological polar surface area (TPSA) is 96.3 Å². The zero-order valence-electron chi connectivity index (χ0n) is 19.2. The second kappa shape index (κ2) is 8.67. The number of rotatable bonds is 6. The Morgan fingerprint density at radius 3 is 2.66 bits per heavy atom. The van der Waals surface area contributed by atoms with Gasteiger partial charge in [-0.15, -0.1) is 10.2 Å². The molecule has 4 heterocycles. The molecule has 2 saturated heterocycles. The summed E-state index contributed by atoms with van der Waals surface area (Å²) in [4.78, 5) is 10.2. The summed E-state index contributed by atoms with van der Waals surface area (Å²) in [7, 11) is 1.41.